The summed E-state index contributed by atoms with van der Waals surface area (Å²) in [5.74, 6) is 0.566. The second kappa shape index (κ2) is 2.63. The lowest BCUT2D eigenvalue weighted by Crippen LogP contribution is -2.13. The lowest BCUT2D eigenvalue weighted by Gasteiger charge is -1.95. The molecule has 0 fully saturated rings. The highest BCUT2D eigenvalue weighted by Crippen LogP contribution is 2.21. The van der Waals surface area contributed by atoms with Crippen molar-refractivity contribution in [3.05, 3.63) is 35.6 Å². The van der Waals surface area contributed by atoms with E-state index in [2.05, 4.69) is 24.4 Å². The second-order valence-corrected chi connectivity index (χ2v) is 3.24. The van der Waals surface area contributed by atoms with Gasteiger partial charge in [-0.05, 0) is 17.6 Å². The maximum atomic E-state index is 11.0. The van der Waals surface area contributed by atoms with Crippen molar-refractivity contribution < 1.29 is 4.79 Å². The lowest BCUT2D eigenvalue weighted by molar-refractivity contribution is -0.118. The van der Waals surface area contributed by atoms with Crippen LogP contribution in [0.3, 0.4) is 0 Å². The maximum Gasteiger partial charge on any atom is 0.228 e. The fraction of sp³-hybridized carbons (Fsp3) is 0.300. The van der Waals surface area contributed by atoms with Crippen molar-refractivity contribution in [1.82, 2.24) is 5.32 Å². The van der Waals surface area contributed by atoms with Crippen LogP contribution in [-0.2, 0) is 4.79 Å². The molecule has 62 valence electrons. The predicted octanol–water partition coefficient (Wildman–Crippen LogP) is 1.52. The molecule has 2 rings (SSSR count). The number of carbonyl (C=O) groups is 1. The molecule has 1 amide bonds. The van der Waals surface area contributed by atoms with Crippen LogP contribution in [0.2, 0.25) is 0 Å². The molecule has 0 saturated heterocycles. The van der Waals surface area contributed by atoms with Gasteiger partial charge in [-0.1, -0.05) is 25.2 Å². The van der Waals surface area contributed by atoms with Crippen molar-refractivity contribution in [2.24, 2.45) is 5.92 Å². The molecule has 0 aromatic carbocycles. The van der Waals surface area contributed by atoms with Crippen LogP contribution in [0.15, 0.2) is 35.6 Å². The normalized spacial score (nSPS) is 27.1. The second-order valence-electron chi connectivity index (χ2n) is 3.24. The van der Waals surface area contributed by atoms with Crippen LogP contribution in [0.4, 0.5) is 0 Å². The maximum absolute atomic E-state index is 11.0. The highest BCUT2D eigenvalue weighted by atomic mass is 16.1. The highest BCUT2D eigenvalue weighted by molar-refractivity contribution is 5.86. The van der Waals surface area contributed by atoms with Gasteiger partial charge in [0.05, 0.1) is 6.42 Å². The van der Waals surface area contributed by atoms with Crippen molar-refractivity contribution in [3.8, 4) is 0 Å². The minimum Gasteiger partial charge on any atom is -0.326 e. The van der Waals surface area contributed by atoms with E-state index >= 15 is 0 Å². The Kier molecular flexibility index (Phi) is 1.61. The Morgan fingerprint density at radius 1 is 1.42 bits per heavy atom. The van der Waals surface area contributed by atoms with Gasteiger partial charge in [0.1, 0.15) is 0 Å². The molecule has 1 N–H and O–H groups in total. The standard InChI is InChI=1S/C10H11NO/c1-7-2-4-8-6-10(12)11-9(8)5-3-7/h2-5,7H,6H2,1H3,(H,11,12). The van der Waals surface area contributed by atoms with Gasteiger partial charge in [-0.3, -0.25) is 4.79 Å². The molecular weight excluding hydrogens is 150 g/mol. The summed E-state index contributed by atoms with van der Waals surface area (Å²) in [7, 11) is 0. The predicted molar refractivity (Wildman–Crippen MR) is 47.2 cm³/mol. The quantitative estimate of drug-likeness (QED) is 0.573. The Hall–Kier alpha value is -1.31. The molecule has 2 heteroatoms. The van der Waals surface area contributed by atoms with E-state index in [-0.39, 0.29) is 5.91 Å². The lowest BCUT2D eigenvalue weighted by atomic mass is 10.1. The summed E-state index contributed by atoms with van der Waals surface area (Å²) >= 11 is 0. The van der Waals surface area contributed by atoms with Gasteiger partial charge >= 0.3 is 0 Å². The molecule has 2 aliphatic rings. The number of amides is 1. The Balaban J connectivity index is 2.31. The van der Waals surface area contributed by atoms with Crippen LogP contribution in [0.5, 0.6) is 0 Å². The third-order valence-corrected chi connectivity index (χ3v) is 2.14. The summed E-state index contributed by atoms with van der Waals surface area (Å²) in [5.41, 5.74) is 2.08. The molecule has 0 aromatic heterocycles. The number of carbonyl (C=O) groups excluding carboxylic acids is 1. The van der Waals surface area contributed by atoms with Crippen molar-refractivity contribution in [3.63, 3.8) is 0 Å². The Labute approximate surface area is 71.7 Å². The van der Waals surface area contributed by atoms with Crippen LogP contribution in [0, 0.1) is 5.92 Å². The molecule has 0 radical (unpaired) electrons. The van der Waals surface area contributed by atoms with E-state index in [1.807, 2.05) is 12.2 Å². The molecule has 1 aliphatic carbocycles. The Bertz CT molecular complexity index is 282. The van der Waals surface area contributed by atoms with E-state index in [9.17, 15) is 4.79 Å². The first-order valence-electron chi connectivity index (χ1n) is 4.15. The summed E-state index contributed by atoms with van der Waals surface area (Å²) in [5, 5.41) is 2.82. The first-order valence-corrected chi connectivity index (χ1v) is 4.15. The summed E-state index contributed by atoms with van der Waals surface area (Å²) in [6.45, 7) is 2.12. The van der Waals surface area contributed by atoms with Gasteiger partial charge in [0, 0.05) is 5.70 Å². The third-order valence-electron chi connectivity index (χ3n) is 2.14. The third kappa shape index (κ3) is 1.20. The van der Waals surface area contributed by atoms with E-state index in [1.165, 1.54) is 0 Å². The molecule has 0 saturated carbocycles. The molecule has 1 atom stereocenters. The molecule has 1 heterocycles. The highest BCUT2D eigenvalue weighted by Gasteiger charge is 2.18. The molecule has 0 aromatic rings. The van der Waals surface area contributed by atoms with Gasteiger partial charge in [-0.2, -0.15) is 0 Å². The molecule has 2 nitrogen and oxygen atoms in total. The molecule has 0 bridgehead atoms. The van der Waals surface area contributed by atoms with Gasteiger partial charge in [-0.25, -0.2) is 0 Å². The monoisotopic (exact) mass is 161 g/mol. The van der Waals surface area contributed by atoms with Gasteiger partial charge < -0.3 is 5.32 Å². The van der Waals surface area contributed by atoms with Crippen molar-refractivity contribution in [2.45, 2.75) is 13.3 Å². The molecule has 12 heavy (non-hydrogen) atoms. The fourth-order valence-electron chi connectivity index (χ4n) is 1.42. The number of hydrogen-bond acceptors (Lipinski definition) is 1. The van der Waals surface area contributed by atoms with Gasteiger partial charge in [-0.15, -0.1) is 0 Å². The van der Waals surface area contributed by atoms with E-state index in [4.69, 9.17) is 0 Å². The zero-order valence-electron chi connectivity index (χ0n) is 7.00. The first kappa shape index (κ1) is 7.35. The van der Waals surface area contributed by atoms with Crippen LogP contribution in [-0.4, -0.2) is 5.91 Å². The van der Waals surface area contributed by atoms with Gasteiger partial charge in [0.2, 0.25) is 5.91 Å². The van der Waals surface area contributed by atoms with Crippen LogP contribution in [0.1, 0.15) is 13.3 Å². The van der Waals surface area contributed by atoms with Crippen LogP contribution >= 0.6 is 0 Å². The topological polar surface area (TPSA) is 29.1 Å². The number of rotatable bonds is 0. The average molecular weight is 161 g/mol. The zero-order valence-corrected chi connectivity index (χ0v) is 7.00. The van der Waals surface area contributed by atoms with Crippen molar-refractivity contribution >= 4 is 5.91 Å². The SMILES string of the molecule is CC1C=CC2=C(C=C1)NC(=O)C2. The van der Waals surface area contributed by atoms with Crippen LogP contribution in [0.25, 0.3) is 0 Å². The Morgan fingerprint density at radius 3 is 3.00 bits per heavy atom. The first-order chi connectivity index (χ1) is 5.75. The van der Waals surface area contributed by atoms with Gasteiger partial charge in [0.15, 0.2) is 0 Å². The molecule has 0 spiro atoms. The number of nitrogens with one attached hydrogen (secondary N) is 1. The van der Waals surface area contributed by atoms with Gasteiger partial charge in [0.25, 0.3) is 0 Å². The van der Waals surface area contributed by atoms with E-state index in [1.54, 1.807) is 0 Å². The summed E-state index contributed by atoms with van der Waals surface area (Å²) < 4.78 is 0. The smallest absolute Gasteiger partial charge is 0.228 e. The Morgan fingerprint density at radius 2 is 2.17 bits per heavy atom. The van der Waals surface area contributed by atoms with Crippen molar-refractivity contribution in [1.29, 1.82) is 0 Å². The molecule has 1 aliphatic heterocycles. The average Bonchev–Trinajstić information content (AvgIpc) is 2.31. The minimum absolute atomic E-state index is 0.101. The largest absolute Gasteiger partial charge is 0.326 e. The number of allylic oxidation sites excluding steroid dienone is 4. The number of hydrogen-bond donors (Lipinski definition) is 1. The molecular formula is C10H11NO. The zero-order chi connectivity index (χ0) is 8.55. The minimum atomic E-state index is 0.101. The van der Waals surface area contributed by atoms with E-state index in [0.29, 0.717) is 12.3 Å². The van der Waals surface area contributed by atoms with Crippen LogP contribution < -0.4 is 5.32 Å². The summed E-state index contributed by atoms with van der Waals surface area (Å²) in [4.78, 5) is 11.0. The summed E-state index contributed by atoms with van der Waals surface area (Å²) in [6.07, 6.45) is 8.76. The van der Waals surface area contributed by atoms with Crippen molar-refractivity contribution in [2.75, 3.05) is 0 Å². The molecule has 1 unspecified atom stereocenters. The fourth-order valence-corrected chi connectivity index (χ4v) is 1.42. The van der Waals surface area contributed by atoms with E-state index in [0.717, 1.165) is 11.3 Å². The van der Waals surface area contributed by atoms with E-state index < -0.39 is 0 Å². The summed E-state index contributed by atoms with van der Waals surface area (Å²) in [6, 6.07) is 0.